The zero-order valence-electron chi connectivity index (χ0n) is 11.9. The Hall–Kier alpha value is -1.40. The molecule has 0 bridgehead atoms. The van der Waals surface area contributed by atoms with Crippen molar-refractivity contribution >= 4 is 11.9 Å². The van der Waals surface area contributed by atoms with Crippen LogP contribution in [-0.4, -0.2) is 51.8 Å². The summed E-state index contributed by atoms with van der Waals surface area (Å²) in [5, 5.41) is 5.76. The van der Waals surface area contributed by atoms with E-state index in [4.69, 9.17) is 4.74 Å². The van der Waals surface area contributed by atoms with Gasteiger partial charge in [-0.15, -0.1) is 0 Å². The van der Waals surface area contributed by atoms with Crippen LogP contribution in [0.2, 0.25) is 0 Å². The van der Waals surface area contributed by atoms with Gasteiger partial charge < -0.3 is 20.1 Å². The molecule has 0 aromatic rings. The molecule has 1 amide bonds. The molecule has 6 heteroatoms. The van der Waals surface area contributed by atoms with Crippen LogP contribution in [0, 0.1) is 0 Å². The van der Waals surface area contributed by atoms with Crippen LogP contribution < -0.4 is 10.6 Å². The summed E-state index contributed by atoms with van der Waals surface area (Å²) < 4.78 is 9.48. The molecule has 0 radical (unpaired) electrons. The number of esters is 1. The standard InChI is InChI=1S/C13H24N2O4/c1-4-6-11(9-13(17)19-3)15-12(16)10-14-7-5-8-18-2/h4,6,11,14H,5,7-10H2,1-3H3,(H,15,16)/t11-/m1/s1. The highest BCUT2D eigenvalue weighted by Gasteiger charge is 2.13. The van der Waals surface area contributed by atoms with Crippen LogP contribution >= 0.6 is 0 Å². The minimum Gasteiger partial charge on any atom is -0.469 e. The van der Waals surface area contributed by atoms with Gasteiger partial charge in [0.1, 0.15) is 0 Å². The van der Waals surface area contributed by atoms with Crippen molar-refractivity contribution in [2.24, 2.45) is 0 Å². The van der Waals surface area contributed by atoms with Crippen molar-refractivity contribution in [2.75, 3.05) is 33.9 Å². The van der Waals surface area contributed by atoms with Crippen molar-refractivity contribution in [1.29, 1.82) is 0 Å². The first kappa shape index (κ1) is 17.6. The molecule has 2 N–H and O–H groups in total. The third-order valence-corrected chi connectivity index (χ3v) is 2.37. The number of methoxy groups -OCH3 is 2. The molecule has 0 spiro atoms. The lowest BCUT2D eigenvalue weighted by atomic mass is 10.2. The van der Waals surface area contributed by atoms with Gasteiger partial charge >= 0.3 is 5.97 Å². The van der Waals surface area contributed by atoms with Crippen LogP contribution in [-0.2, 0) is 19.1 Å². The number of carbonyl (C=O) groups excluding carboxylic acids is 2. The number of amides is 1. The Labute approximate surface area is 114 Å². The fourth-order valence-corrected chi connectivity index (χ4v) is 1.46. The van der Waals surface area contributed by atoms with Crippen LogP contribution in [0.1, 0.15) is 19.8 Å². The zero-order valence-corrected chi connectivity index (χ0v) is 11.9. The zero-order chi connectivity index (χ0) is 14.5. The van der Waals surface area contributed by atoms with E-state index in [9.17, 15) is 9.59 Å². The predicted molar refractivity (Wildman–Crippen MR) is 72.7 cm³/mol. The van der Waals surface area contributed by atoms with Crippen molar-refractivity contribution in [2.45, 2.75) is 25.8 Å². The maximum Gasteiger partial charge on any atom is 0.307 e. The van der Waals surface area contributed by atoms with Gasteiger partial charge in [-0.1, -0.05) is 12.2 Å². The number of ether oxygens (including phenoxy) is 2. The molecule has 0 rings (SSSR count). The van der Waals surface area contributed by atoms with Crippen molar-refractivity contribution in [3.05, 3.63) is 12.2 Å². The van der Waals surface area contributed by atoms with Gasteiger partial charge in [0.15, 0.2) is 0 Å². The van der Waals surface area contributed by atoms with Crippen molar-refractivity contribution in [3.8, 4) is 0 Å². The van der Waals surface area contributed by atoms with Crippen LogP contribution in [0.5, 0.6) is 0 Å². The van der Waals surface area contributed by atoms with E-state index in [2.05, 4.69) is 15.4 Å². The van der Waals surface area contributed by atoms with E-state index in [-0.39, 0.29) is 30.9 Å². The molecular formula is C13H24N2O4. The lowest BCUT2D eigenvalue weighted by molar-refractivity contribution is -0.141. The van der Waals surface area contributed by atoms with Gasteiger partial charge in [0.2, 0.25) is 5.91 Å². The summed E-state index contributed by atoms with van der Waals surface area (Å²) in [5.41, 5.74) is 0. The van der Waals surface area contributed by atoms with Gasteiger partial charge in [-0.3, -0.25) is 9.59 Å². The third-order valence-electron chi connectivity index (χ3n) is 2.37. The van der Waals surface area contributed by atoms with E-state index >= 15 is 0 Å². The summed E-state index contributed by atoms with van der Waals surface area (Å²) in [7, 11) is 2.97. The van der Waals surface area contributed by atoms with E-state index in [0.29, 0.717) is 13.2 Å². The summed E-state index contributed by atoms with van der Waals surface area (Å²) in [5.74, 6) is -0.499. The molecule has 19 heavy (non-hydrogen) atoms. The molecule has 110 valence electrons. The maximum absolute atomic E-state index is 11.6. The second kappa shape index (κ2) is 11.7. The minimum atomic E-state index is -0.351. The van der Waals surface area contributed by atoms with Gasteiger partial charge in [-0.05, 0) is 19.9 Å². The summed E-state index contributed by atoms with van der Waals surface area (Å²) in [6.45, 7) is 3.43. The van der Waals surface area contributed by atoms with E-state index < -0.39 is 0 Å². The third kappa shape index (κ3) is 10.2. The number of rotatable bonds is 10. The van der Waals surface area contributed by atoms with E-state index in [1.807, 2.05) is 6.92 Å². The molecule has 0 heterocycles. The summed E-state index contributed by atoms with van der Waals surface area (Å²) in [4.78, 5) is 22.8. The predicted octanol–water partition coefficient (Wildman–Crippen LogP) is 0.237. The number of carbonyl (C=O) groups is 2. The van der Waals surface area contributed by atoms with E-state index in [1.54, 1.807) is 19.3 Å². The Morgan fingerprint density at radius 2 is 2.05 bits per heavy atom. The number of hydrogen-bond donors (Lipinski definition) is 2. The summed E-state index contributed by atoms with van der Waals surface area (Å²) in [6, 6.07) is -0.328. The van der Waals surface area contributed by atoms with Gasteiger partial charge in [-0.2, -0.15) is 0 Å². The highest BCUT2D eigenvalue weighted by Crippen LogP contribution is 1.96. The molecule has 6 nitrogen and oxygen atoms in total. The molecule has 0 aliphatic carbocycles. The van der Waals surface area contributed by atoms with Gasteiger partial charge in [-0.25, -0.2) is 0 Å². The number of allylic oxidation sites excluding steroid dienone is 1. The van der Waals surface area contributed by atoms with Crippen molar-refractivity contribution in [3.63, 3.8) is 0 Å². The molecule has 0 aromatic heterocycles. The van der Waals surface area contributed by atoms with Crippen LogP contribution in [0.3, 0.4) is 0 Å². The highest BCUT2D eigenvalue weighted by atomic mass is 16.5. The maximum atomic E-state index is 11.6. The van der Waals surface area contributed by atoms with Crippen LogP contribution in [0.4, 0.5) is 0 Å². The molecule has 0 aliphatic rings. The Bertz CT molecular complexity index is 292. The molecule has 0 fully saturated rings. The second-order valence-corrected chi connectivity index (χ2v) is 4.00. The lowest BCUT2D eigenvalue weighted by Gasteiger charge is -2.14. The quantitative estimate of drug-likeness (QED) is 0.338. The SMILES string of the molecule is CC=C[C@H](CC(=O)OC)NC(=O)CNCCCOC. The summed E-state index contributed by atoms with van der Waals surface area (Å²) >= 11 is 0. The summed E-state index contributed by atoms with van der Waals surface area (Å²) in [6.07, 6.45) is 4.54. The first-order valence-corrected chi connectivity index (χ1v) is 6.32. The van der Waals surface area contributed by atoms with E-state index in [1.165, 1.54) is 7.11 Å². The molecular weight excluding hydrogens is 248 g/mol. The van der Waals surface area contributed by atoms with Gasteiger partial charge in [0.05, 0.1) is 26.1 Å². The topological polar surface area (TPSA) is 76.7 Å². The molecule has 0 unspecified atom stereocenters. The van der Waals surface area contributed by atoms with Crippen molar-refractivity contribution < 1.29 is 19.1 Å². The Morgan fingerprint density at radius 1 is 1.32 bits per heavy atom. The molecule has 0 saturated carbocycles. The van der Waals surface area contributed by atoms with Crippen LogP contribution in [0.25, 0.3) is 0 Å². The molecule has 0 aliphatic heterocycles. The monoisotopic (exact) mass is 272 g/mol. The Morgan fingerprint density at radius 3 is 2.63 bits per heavy atom. The van der Waals surface area contributed by atoms with E-state index in [0.717, 1.165) is 6.42 Å². The Balaban J connectivity index is 3.93. The average Bonchev–Trinajstić information content (AvgIpc) is 2.38. The fraction of sp³-hybridized carbons (Fsp3) is 0.692. The highest BCUT2D eigenvalue weighted by molar-refractivity contribution is 5.79. The fourth-order valence-electron chi connectivity index (χ4n) is 1.46. The second-order valence-electron chi connectivity index (χ2n) is 4.00. The molecule has 0 aromatic carbocycles. The minimum absolute atomic E-state index is 0.135. The first-order chi connectivity index (χ1) is 9.13. The number of hydrogen-bond acceptors (Lipinski definition) is 5. The first-order valence-electron chi connectivity index (χ1n) is 6.32. The normalized spacial score (nSPS) is 12.4. The Kier molecular flexibility index (Phi) is 10.8. The number of nitrogens with one attached hydrogen (secondary N) is 2. The molecule has 0 saturated heterocycles. The van der Waals surface area contributed by atoms with Crippen molar-refractivity contribution in [1.82, 2.24) is 10.6 Å². The lowest BCUT2D eigenvalue weighted by Crippen LogP contribution is -2.41. The molecule has 1 atom stereocenters. The smallest absolute Gasteiger partial charge is 0.307 e. The average molecular weight is 272 g/mol. The largest absolute Gasteiger partial charge is 0.469 e. The van der Waals surface area contributed by atoms with Gasteiger partial charge in [0.25, 0.3) is 0 Å². The van der Waals surface area contributed by atoms with Crippen LogP contribution in [0.15, 0.2) is 12.2 Å². The van der Waals surface area contributed by atoms with Gasteiger partial charge in [0, 0.05) is 13.7 Å².